The molecule has 2 N–H and O–H groups in total. The highest BCUT2D eigenvalue weighted by Crippen LogP contribution is 2.25. The van der Waals surface area contributed by atoms with Crippen LogP contribution < -0.4 is 10.9 Å². The first kappa shape index (κ1) is 34.9. The summed E-state index contributed by atoms with van der Waals surface area (Å²) in [6.07, 6.45) is 5.53. The number of aromatic nitrogens is 8. The van der Waals surface area contributed by atoms with Gasteiger partial charge in [0.15, 0.2) is 17.2 Å². The SMILES string of the molecule is N#CC1=CNC(c2cc(-c3ccon3)n(Cc3ccccc3F)n2)=NC1Cl.N#Cc1cnc(-c2cc(-c3ccon3)n(Cc3ccccc3F)n2)[nH]c1=O. The fourth-order valence-corrected chi connectivity index (χ4v) is 5.46. The van der Waals surface area contributed by atoms with E-state index in [-0.39, 0.29) is 36.1 Å². The largest absolute Gasteiger partial charge is 0.364 e. The molecule has 18 heteroatoms. The highest BCUT2D eigenvalue weighted by Gasteiger charge is 2.22. The van der Waals surface area contributed by atoms with Crippen LogP contribution >= 0.6 is 11.6 Å². The number of hydrogen-bond acceptors (Lipinski definition) is 12. The average molecular weight is 745 g/mol. The van der Waals surface area contributed by atoms with Gasteiger partial charge in [0.05, 0.1) is 42.3 Å². The first-order valence-corrected chi connectivity index (χ1v) is 16.3. The second-order valence-electron chi connectivity index (χ2n) is 11.4. The Bertz CT molecular complexity index is 2650. The first-order valence-electron chi connectivity index (χ1n) is 15.8. The fraction of sp³-hybridized carbons (Fsp3) is 0.0833. The van der Waals surface area contributed by atoms with Crippen molar-refractivity contribution in [2.45, 2.75) is 18.6 Å². The van der Waals surface area contributed by atoms with E-state index in [9.17, 15) is 13.6 Å². The van der Waals surface area contributed by atoms with E-state index in [4.69, 9.17) is 31.2 Å². The van der Waals surface area contributed by atoms with Crippen molar-refractivity contribution in [1.82, 2.24) is 45.2 Å². The molecule has 8 rings (SSSR count). The summed E-state index contributed by atoms with van der Waals surface area (Å²) in [6, 6.07) is 23.3. The maximum atomic E-state index is 14.1. The van der Waals surface area contributed by atoms with Crippen LogP contribution in [0.25, 0.3) is 34.3 Å². The number of nitriles is 2. The third kappa shape index (κ3) is 7.42. The molecular formula is C36H23ClF2N12O3. The van der Waals surface area contributed by atoms with Crippen molar-refractivity contribution >= 4 is 17.4 Å². The zero-order valence-corrected chi connectivity index (χ0v) is 28.3. The molecule has 54 heavy (non-hydrogen) atoms. The van der Waals surface area contributed by atoms with Crippen molar-refractivity contribution in [3.63, 3.8) is 0 Å². The van der Waals surface area contributed by atoms with Crippen molar-refractivity contribution in [2.75, 3.05) is 0 Å². The molecule has 0 saturated heterocycles. The van der Waals surface area contributed by atoms with E-state index in [0.717, 1.165) is 0 Å². The number of alkyl halides is 1. The van der Waals surface area contributed by atoms with Crippen LogP contribution in [0.3, 0.4) is 0 Å². The molecule has 0 aliphatic carbocycles. The number of aliphatic imine (C=N–C) groups is 1. The molecule has 1 unspecified atom stereocenters. The van der Waals surface area contributed by atoms with Gasteiger partial charge in [-0.15, -0.1) is 0 Å². The lowest BCUT2D eigenvalue weighted by molar-refractivity contribution is 0.421. The van der Waals surface area contributed by atoms with Crippen LogP contribution in [0, 0.1) is 34.3 Å². The molecular weight excluding hydrogens is 722 g/mol. The number of nitrogens with one attached hydrogen (secondary N) is 2. The number of amidine groups is 1. The Morgan fingerprint density at radius 2 is 1.37 bits per heavy atom. The summed E-state index contributed by atoms with van der Waals surface area (Å²) in [7, 11) is 0. The highest BCUT2D eigenvalue weighted by molar-refractivity contribution is 6.24. The summed E-state index contributed by atoms with van der Waals surface area (Å²) in [4.78, 5) is 22.7. The second kappa shape index (κ2) is 15.4. The number of aromatic amines is 1. The quantitative estimate of drug-likeness (QED) is 0.149. The van der Waals surface area contributed by atoms with Gasteiger partial charge in [-0.05, 0) is 24.3 Å². The predicted molar refractivity (Wildman–Crippen MR) is 188 cm³/mol. The van der Waals surface area contributed by atoms with Crippen molar-refractivity contribution in [1.29, 1.82) is 10.5 Å². The topological polar surface area (TPSA) is 205 Å². The molecule has 1 aliphatic rings. The summed E-state index contributed by atoms with van der Waals surface area (Å²) >= 11 is 6.09. The molecule has 6 heterocycles. The highest BCUT2D eigenvalue weighted by atomic mass is 35.5. The van der Waals surface area contributed by atoms with Gasteiger partial charge in [-0.1, -0.05) is 58.3 Å². The Balaban J connectivity index is 0.000000167. The van der Waals surface area contributed by atoms with Gasteiger partial charge in [-0.25, -0.2) is 18.8 Å². The van der Waals surface area contributed by atoms with Crippen LogP contribution in [-0.2, 0) is 13.1 Å². The van der Waals surface area contributed by atoms with Crippen molar-refractivity contribution in [3.05, 3.63) is 148 Å². The molecule has 5 aromatic heterocycles. The summed E-state index contributed by atoms with van der Waals surface area (Å²) in [5, 5.41) is 37.5. The van der Waals surface area contributed by atoms with Crippen molar-refractivity contribution in [2.24, 2.45) is 4.99 Å². The molecule has 0 amide bonds. The van der Waals surface area contributed by atoms with Crippen LogP contribution in [0.5, 0.6) is 0 Å². The van der Waals surface area contributed by atoms with Gasteiger partial charge in [0, 0.05) is 29.5 Å². The van der Waals surface area contributed by atoms with E-state index in [0.29, 0.717) is 56.7 Å². The molecule has 0 saturated carbocycles. The van der Waals surface area contributed by atoms with Gasteiger partial charge in [0.1, 0.15) is 58.6 Å². The van der Waals surface area contributed by atoms with Gasteiger partial charge in [-0.2, -0.15) is 20.7 Å². The lowest BCUT2D eigenvalue weighted by Crippen LogP contribution is -2.27. The summed E-state index contributed by atoms with van der Waals surface area (Å²) in [5.41, 5.74) is 2.88. The van der Waals surface area contributed by atoms with Crippen LogP contribution in [0.2, 0.25) is 0 Å². The number of nitrogens with zero attached hydrogens (tertiary/aromatic N) is 10. The molecule has 1 atom stereocenters. The zero-order valence-electron chi connectivity index (χ0n) is 27.6. The maximum absolute atomic E-state index is 14.1. The molecule has 0 spiro atoms. The summed E-state index contributed by atoms with van der Waals surface area (Å²) < 4.78 is 41.1. The number of benzene rings is 2. The molecule has 7 aromatic rings. The normalized spacial score (nSPS) is 13.5. The second-order valence-corrected chi connectivity index (χ2v) is 11.8. The van der Waals surface area contributed by atoms with E-state index in [1.54, 1.807) is 76.1 Å². The molecule has 0 radical (unpaired) electrons. The molecule has 2 aromatic carbocycles. The lowest BCUT2D eigenvalue weighted by Gasteiger charge is -2.13. The van der Waals surface area contributed by atoms with Crippen molar-refractivity contribution < 1.29 is 17.8 Å². The minimum absolute atomic E-state index is 0.0961. The van der Waals surface area contributed by atoms with Crippen LogP contribution in [-0.4, -0.2) is 51.2 Å². The average Bonchev–Trinajstić information content (AvgIpc) is 4.02. The standard InChI is InChI=1S/C18H12ClFN6O.C18H11FN6O2/c19-17-12(8-21)9-22-18(23-17)15-7-16(14-5-6-27-25-14)26(24-15)10-11-3-1-2-4-13(11)20;19-13-4-2-1-3-11(13)10-25-16(14-5-6-27-24-14)7-15(23-25)17-21-9-12(8-20)18(26)22-17/h1-7,9,17H,10H2,(H,22,23);1-7,9H,10H2,(H,21,22,26). The Morgan fingerprint density at radius 1 is 0.796 bits per heavy atom. The fourth-order valence-electron chi connectivity index (χ4n) is 5.25. The Kier molecular flexibility index (Phi) is 9.96. The van der Waals surface area contributed by atoms with Gasteiger partial charge in [0.25, 0.3) is 5.56 Å². The zero-order chi connectivity index (χ0) is 37.6. The van der Waals surface area contributed by atoms with Crippen LogP contribution in [0.1, 0.15) is 22.4 Å². The number of halogens is 3. The number of rotatable bonds is 8. The number of hydrogen-bond donors (Lipinski definition) is 2. The lowest BCUT2D eigenvalue weighted by atomic mass is 10.2. The summed E-state index contributed by atoms with van der Waals surface area (Å²) in [5.74, 6) is -0.0798. The maximum Gasteiger partial charge on any atom is 0.269 e. The Morgan fingerprint density at radius 3 is 1.87 bits per heavy atom. The Hall–Kier alpha value is -7.50. The van der Waals surface area contributed by atoms with Gasteiger partial charge >= 0.3 is 0 Å². The third-order valence-electron chi connectivity index (χ3n) is 7.91. The molecule has 15 nitrogen and oxygen atoms in total. The van der Waals surface area contributed by atoms with Crippen molar-refractivity contribution in [3.8, 4) is 46.4 Å². The Labute approximate surface area is 308 Å². The van der Waals surface area contributed by atoms with E-state index < -0.39 is 11.1 Å². The van der Waals surface area contributed by atoms with Crippen LogP contribution in [0.15, 0.2) is 122 Å². The van der Waals surface area contributed by atoms with Gasteiger partial charge in [-0.3, -0.25) is 14.2 Å². The molecule has 0 fully saturated rings. The van der Waals surface area contributed by atoms with Crippen LogP contribution in [0.4, 0.5) is 8.78 Å². The van der Waals surface area contributed by atoms with E-state index in [1.807, 2.05) is 6.07 Å². The third-order valence-corrected chi connectivity index (χ3v) is 8.25. The first-order chi connectivity index (χ1) is 26.3. The predicted octanol–water partition coefficient (Wildman–Crippen LogP) is 5.40. The minimum atomic E-state index is -0.793. The molecule has 0 bridgehead atoms. The van der Waals surface area contributed by atoms with E-state index in [2.05, 4.69) is 40.8 Å². The van der Waals surface area contributed by atoms with Gasteiger partial charge in [0.2, 0.25) is 0 Å². The minimum Gasteiger partial charge on any atom is -0.364 e. The molecule has 1 aliphatic heterocycles. The summed E-state index contributed by atoms with van der Waals surface area (Å²) in [6.45, 7) is 0.348. The van der Waals surface area contributed by atoms with E-state index >= 15 is 0 Å². The van der Waals surface area contributed by atoms with E-state index in [1.165, 1.54) is 37.1 Å². The smallest absolute Gasteiger partial charge is 0.269 e. The van der Waals surface area contributed by atoms with Gasteiger partial charge < -0.3 is 19.3 Å². The monoisotopic (exact) mass is 744 g/mol. The number of H-pyrrole nitrogens is 1. The molecule has 266 valence electrons.